The molecule has 1 unspecified atom stereocenters. The molecule has 2 aromatic carbocycles. The van der Waals surface area contributed by atoms with E-state index in [1.807, 2.05) is 6.07 Å². The Morgan fingerprint density at radius 2 is 1.60 bits per heavy atom. The van der Waals surface area contributed by atoms with Crippen molar-refractivity contribution < 1.29 is 14.4 Å². The monoisotopic (exact) mass is 420 g/mol. The molecule has 0 saturated heterocycles. The van der Waals surface area contributed by atoms with Gasteiger partial charge in [0, 0.05) is 28.7 Å². The maximum Gasteiger partial charge on any atom is 0.257 e. The second-order valence-corrected chi connectivity index (χ2v) is 8.07. The topological polar surface area (TPSA) is 100 Å². The minimum absolute atomic E-state index is 0.132. The molecule has 0 radical (unpaired) electrons. The zero-order chi connectivity index (χ0) is 21.1. The van der Waals surface area contributed by atoms with Gasteiger partial charge in [0.15, 0.2) is 5.13 Å². The van der Waals surface area contributed by atoms with Crippen LogP contribution in [0, 0.1) is 0 Å². The van der Waals surface area contributed by atoms with Gasteiger partial charge >= 0.3 is 0 Å². The number of hydrogen-bond donors (Lipinski definition) is 3. The minimum atomic E-state index is -0.353. The lowest BCUT2D eigenvalue weighted by Gasteiger charge is -2.11. The molecule has 1 aliphatic carbocycles. The number of fused-ring (bicyclic) bond motifs is 1. The Morgan fingerprint density at radius 1 is 0.933 bits per heavy atom. The van der Waals surface area contributed by atoms with Crippen LogP contribution in [0.5, 0.6) is 0 Å². The molecule has 0 saturated carbocycles. The van der Waals surface area contributed by atoms with Crippen LogP contribution in [0.1, 0.15) is 40.2 Å². The van der Waals surface area contributed by atoms with Gasteiger partial charge in [0.05, 0.1) is 11.6 Å². The van der Waals surface area contributed by atoms with Gasteiger partial charge in [-0.05, 0) is 49.2 Å². The summed E-state index contributed by atoms with van der Waals surface area (Å²) in [5.41, 5.74) is 2.61. The Hall–Kier alpha value is -3.52. The third-order valence-corrected chi connectivity index (χ3v) is 5.81. The summed E-state index contributed by atoms with van der Waals surface area (Å²) in [7, 11) is 0. The van der Waals surface area contributed by atoms with Crippen LogP contribution in [0.15, 0.2) is 54.6 Å². The van der Waals surface area contributed by atoms with Gasteiger partial charge in [0.1, 0.15) is 0 Å². The first-order valence-corrected chi connectivity index (χ1v) is 10.4. The molecule has 0 aliphatic heterocycles. The first kappa shape index (κ1) is 19.8. The van der Waals surface area contributed by atoms with Crippen LogP contribution in [0.25, 0.3) is 0 Å². The number of aromatic nitrogens is 1. The van der Waals surface area contributed by atoms with Crippen LogP contribution in [-0.2, 0) is 16.0 Å². The number of anilines is 3. The summed E-state index contributed by atoms with van der Waals surface area (Å²) in [5, 5.41) is 8.92. The summed E-state index contributed by atoms with van der Waals surface area (Å²) in [6.45, 7) is 1.44. The maximum absolute atomic E-state index is 12.8. The summed E-state index contributed by atoms with van der Waals surface area (Å²) in [6, 6.07) is 15.9. The molecule has 1 aliphatic rings. The van der Waals surface area contributed by atoms with Gasteiger partial charge in [-0.15, -0.1) is 11.3 Å². The van der Waals surface area contributed by atoms with E-state index >= 15 is 0 Å². The standard InChI is InChI=1S/C22H20N4O3S/c1-13(27)23-15-7-9-16(10-8-15)24-21(29)17-11-12-18-19(17)25-22(30-18)26-20(28)14-5-3-2-4-6-14/h2-10,17H,11-12H2,1H3,(H,23,27)(H,24,29)(H,25,26,28). The van der Waals surface area contributed by atoms with E-state index < -0.39 is 0 Å². The summed E-state index contributed by atoms with van der Waals surface area (Å²) >= 11 is 1.42. The molecule has 152 valence electrons. The molecule has 0 spiro atoms. The number of thiazole rings is 1. The Labute approximate surface area is 177 Å². The number of aryl methyl sites for hydroxylation is 1. The lowest BCUT2D eigenvalue weighted by Crippen LogP contribution is -2.20. The van der Waals surface area contributed by atoms with Crippen LogP contribution < -0.4 is 16.0 Å². The van der Waals surface area contributed by atoms with Gasteiger partial charge in [0.25, 0.3) is 5.91 Å². The lowest BCUT2D eigenvalue weighted by atomic mass is 10.1. The van der Waals surface area contributed by atoms with E-state index in [-0.39, 0.29) is 23.6 Å². The SMILES string of the molecule is CC(=O)Nc1ccc(NC(=O)C2CCc3sc(NC(=O)c4ccccc4)nc32)cc1. The number of benzene rings is 2. The van der Waals surface area contributed by atoms with Crippen molar-refractivity contribution in [2.24, 2.45) is 0 Å². The smallest absolute Gasteiger partial charge is 0.257 e. The van der Waals surface area contributed by atoms with Crippen LogP contribution in [0.2, 0.25) is 0 Å². The molecule has 3 N–H and O–H groups in total. The van der Waals surface area contributed by atoms with E-state index in [0.717, 1.165) is 17.0 Å². The second-order valence-electron chi connectivity index (χ2n) is 6.99. The first-order chi connectivity index (χ1) is 14.5. The van der Waals surface area contributed by atoms with Gasteiger partial charge in [0.2, 0.25) is 11.8 Å². The summed E-state index contributed by atoms with van der Waals surface area (Å²) in [4.78, 5) is 41.8. The molecular weight excluding hydrogens is 400 g/mol. The fourth-order valence-electron chi connectivity index (χ4n) is 3.36. The fourth-order valence-corrected chi connectivity index (χ4v) is 4.40. The molecule has 1 atom stereocenters. The molecule has 3 amide bonds. The Balaban J connectivity index is 1.42. The molecule has 0 bridgehead atoms. The highest BCUT2D eigenvalue weighted by molar-refractivity contribution is 7.16. The van der Waals surface area contributed by atoms with Crippen molar-refractivity contribution in [3.63, 3.8) is 0 Å². The number of carbonyl (C=O) groups excluding carboxylic acids is 3. The van der Waals surface area contributed by atoms with Crippen molar-refractivity contribution in [1.82, 2.24) is 4.98 Å². The highest BCUT2D eigenvalue weighted by Gasteiger charge is 2.33. The molecule has 4 rings (SSSR count). The normalized spacial score (nSPS) is 14.6. The second kappa shape index (κ2) is 8.46. The number of rotatable bonds is 5. The molecule has 30 heavy (non-hydrogen) atoms. The maximum atomic E-state index is 12.8. The van der Waals surface area contributed by atoms with E-state index in [1.54, 1.807) is 48.5 Å². The third kappa shape index (κ3) is 4.38. The van der Waals surface area contributed by atoms with E-state index in [0.29, 0.717) is 28.5 Å². The number of amides is 3. The molecule has 1 aromatic heterocycles. The van der Waals surface area contributed by atoms with E-state index in [1.165, 1.54) is 18.3 Å². The highest BCUT2D eigenvalue weighted by atomic mass is 32.1. The molecule has 7 nitrogen and oxygen atoms in total. The van der Waals surface area contributed by atoms with E-state index in [9.17, 15) is 14.4 Å². The highest BCUT2D eigenvalue weighted by Crippen LogP contribution is 2.39. The molecule has 0 fully saturated rings. The third-order valence-electron chi connectivity index (χ3n) is 4.76. The average Bonchev–Trinajstić information content (AvgIpc) is 3.30. The number of hydrogen-bond acceptors (Lipinski definition) is 5. The van der Waals surface area contributed by atoms with Gasteiger partial charge in [-0.2, -0.15) is 0 Å². The zero-order valence-electron chi connectivity index (χ0n) is 16.3. The van der Waals surface area contributed by atoms with Crippen molar-refractivity contribution in [1.29, 1.82) is 0 Å². The summed E-state index contributed by atoms with van der Waals surface area (Å²) in [6.07, 6.45) is 1.45. The molecule has 3 aromatic rings. The predicted octanol–water partition coefficient (Wildman–Crippen LogP) is 4.02. The van der Waals surface area contributed by atoms with Gasteiger partial charge in [-0.1, -0.05) is 18.2 Å². The number of nitrogens with zero attached hydrogens (tertiary/aromatic N) is 1. The number of nitrogens with one attached hydrogen (secondary N) is 3. The summed E-state index contributed by atoms with van der Waals surface area (Å²) < 4.78 is 0. The van der Waals surface area contributed by atoms with Crippen LogP contribution in [0.3, 0.4) is 0 Å². The predicted molar refractivity (Wildman–Crippen MR) is 117 cm³/mol. The quantitative estimate of drug-likeness (QED) is 0.580. The lowest BCUT2D eigenvalue weighted by molar-refractivity contribution is -0.117. The van der Waals surface area contributed by atoms with Crippen molar-refractivity contribution >= 4 is 45.6 Å². The fraction of sp³-hybridized carbons (Fsp3) is 0.182. The zero-order valence-corrected chi connectivity index (χ0v) is 17.1. The van der Waals surface area contributed by atoms with Crippen molar-refractivity contribution in [3.05, 3.63) is 70.7 Å². The summed E-state index contributed by atoms with van der Waals surface area (Å²) in [5.74, 6) is -0.854. The van der Waals surface area contributed by atoms with E-state index in [4.69, 9.17) is 0 Å². The van der Waals surface area contributed by atoms with Crippen molar-refractivity contribution in [2.45, 2.75) is 25.7 Å². The van der Waals surface area contributed by atoms with Crippen LogP contribution >= 0.6 is 11.3 Å². The van der Waals surface area contributed by atoms with Gasteiger partial charge in [-0.3, -0.25) is 19.7 Å². The van der Waals surface area contributed by atoms with Crippen molar-refractivity contribution in [2.75, 3.05) is 16.0 Å². The molecule has 1 heterocycles. The Bertz CT molecular complexity index is 1090. The average molecular weight is 420 g/mol. The number of carbonyl (C=O) groups is 3. The molecule has 8 heteroatoms. The van der Waals surface area contributed by atoms with Crippen LogP contribution in [0.4, 0.5) is 16.5 Å². The van der Waals surface area contributed by atoms with Crippen molar-refractivity contribution in [3.8, 4) is 0 Å². The van der Waals surface area contributed by atoms with Crippen LogP contribution in [-0.4, -0.2) is 22.7 Å². The van der Waals surface area contributed by atoms with Gasteiger partial charge in [-0.25, -0.2) is 4.98 Å². The van der Waals surface area contributed by atoms with Gasteiger partial charge < -0.3 is 10.6 Å². The largest absolute Gasteiger partial charge is 0.326 e. The first-order valence-electron chi connectivity index (χ1n) is 9.54. The Kier molecular flexibility index (Phi) is 5.58. The minimum Gasteiger partial charge on any atom is -0.326 e. The van der Waals surface area contributed by atoms with E-state index in [2.05, 4.69) is 20.9 Å². The Morgan fingerprint density at radius 3 is 2.27 bits per heavy atom. The molecular formula is C22H20N4O3S.